The summed E-state index contributed by atoms with van der Waals surface area (Å²) < 4.78 is 0. The van der Waals surface area contributed by atoms with Crippen LogP contribution >= 0.6 is 0 Å². The maximum absolute atomic E-state index is 4.02. The quantitative estimate of drug-likeness (QED) is 0.480. The molecule has 60 valence electrons. The van der Waals surface area contributed by atoms with Crippen molar-refractivity contribution in [1.82, 2.24) is 4.90 Å². The van der Waals surface area contributed by atoms with Gasteiger partial charge >= 0.3 is 0 Å². The SMILES string of the molecule is [CH2-][NH+]1CCCC(N(C)C)C1. The Labute approximate surface area is 63.8 Å². The van der Waals surface area contributed by atoms with Gasteiger partial charge in [0.05, 0.1) is 19.1 Å². The van der Waals surface area contributed by atoms with Crippen LogP contribution in [0.4, 0.5) is 0 Å². The van der Waals surface area contributed by atoms with Crippen LogP contribution in [0.15, 0.2) is 0 Å². The zero-order valence-corrected chi connectivity index (χ0v) is 7.06. The van der Waals surface area contributed by atoms with Crippen LogP contribution in [0.25, 0.3) is 0 Å². The first kappa shape index (κ1) is 8.02. The van der Waals surface area contributed by atoms with E-state index < -0.39 is 0 Å². The molecule has 1 heterocycles. The summed E-state index contributed by atoms with van der Waals surface area (Å²) in [4.78, 5) is 3.74. The second-order valence-corrected chi connectivity index (χ2v) is 3.46. The molecule has 2 atom stereocenters. The van der Waals surface area contributed by atoms with E-state index in [-0.39, 0.29) is 0 Å². The van der Waals surface area contributed by atoms with E-state index in [1.165, 1.54) is 30.8 Å². The standard InChI is InChI=1S/C8H18N2/c1-9(2)8-5-4-6-10(3)7-8/h8,10H,3-7H2,1-2H3. The monoisotopic (exact) mass is 142 g/mol. The predicted molar refractivity (Wildman–Crippen MR) is 42.8 cm³/mol. The van der Waals surface area contributed by atoms with E-state index in [0.29, 0.717) is 0 Å². The number of likely N-dealkylation sites (N-methyl/N-ethyl adjacent to an activating group) is 1. The lowest BCUT2D eigenvalue weighted by Crippen LogP contribution is -3.09. The molecule has 2 unspecified atom stereocenters. The number of nitrogens with one attached hydrogen (secondary N) is 1. The van der Waals surface area contributed by atoms with Crippen molar-refractivity contribution in [2.75, 3.05) is 27.2 Å². The van der Waals surface area contributed by atoms with Gasteiger partial charge in [0.2, 0.25) is 0 Å². The maximum atomic E-state index is 4.02. The Bertz CT molecular complexity index is 101. The summed E-state index contributed by atoms with van der Waals surface area (Å²) in [6.07, 6.45) is 2.69. The van der Waals surface area contributed by atoms with Gasteiger partial charge in [0.25, 0.3) is 0 Å². The molecule has 1 rings (SSSR count). The van der Waals surface area contributed by atoms with Crippen molar-refractivity contribution in [1.29, 1.82) is 0 Å². The minimum absolute atomic E-state index is 0.765. The van der Waals surface area contributed by atoms with Crippen LogP contribution in [0.1, 0.15) is 12.8 Å². The molecule has 0 aromatic rings. The fourth-order valence-corrected chi connectivity index (χ4v) is 1.57. The molecule has 2 nitrogen and oxygen atoms in total. The van der Waals surface area contributed by atoms with Crippen molar-refractivity contribution in [3.63, 3.8) is 0 Å². The molecule has 0 aromatic carbocycles. The number of nitrogens with zero attached hydrogens (tertiary/aromatic N) is 1. The average molecular weight is 142 g/mol. The highest BCUT2D eigenvalue weighted by Crippen LogP contribution is 2.02. The first-order valence-electron chi connectivity index (χ1n) is 4.03. The van der Waals surface area contributed by atoms with E-state index in [0.717, 1.165) is 6.04 Å². The zero-order chi connectivity index (χ0) is 7.56. The number of hydrogen-bond acceptors (Lipinski definition) is 1. The molecule has 0 spiro atoms. The summed E-state index contributed by atoms with van der Waals surface area (Å²) in [5.41, 5.74) is 0. The minimum Gasteiger partial charge on any atom is -0.467 e. The fourth-order valence-electron chi connectivity index (χ4n) is 1.57. The van der Waals surface area contributed by atoms with Gasteiger partial charge in [0.15, 0.2) is 0 Å². The second-order valence-electron chi connectivity index (χ2n) is 3.46. The number of rotatable bonds is 1. The molecule has 1 aliphatic heterocycles. The molecule has 0 aromatic heterocycles. The highest BCUT2D eigenvalue weighted by Gasteiger charge is 2.18. The average Bonchev–Trinajstić information content (AvgIpc) is 1.88. The fraction of sp³-hybridized carbons (Fsp3) is 0.875. The largest absolute Gasteiger partial charge is 0.467 e. The van der Waals surface area contributed by atoms with E-state index >= 15 is 0 Å². The van der Waals surface area contributed by atoms with Crippen LogP contribution in [-0.2, 0) is 0 Å². The van der Waals surface area contributed by atoms with Gasteiger partial charge in [-0.3, -0.25) is 0 Å². The lowest BCUT2D eigenvalue weighted by Gasteiger charge is -2.35. The summed E-state index contributed by atoms with van der Waals surface area (Å²) in [5, 5.41) is 0. The summed E-state index contributed by atoms with van der Waals surface area (Å²) in [6, 6.07) is 0.765. The molecule has 1 fully saturated rings. The van der Waals surface area contributed by atoms with Gasteiger partial charge in [-0.05, 0) is 26.9 Å². The Morgan fingerprint density at radius 3 is 2.60 bits per heavy atom. The number of likely N-dealkylation sites (tertiary alicyclic amines) is 1. The minimum atomic E-state index is 0.765. The van der Waals surface area contributed by atoms with E-state index in [1.807, 2.05) is 0 Å². The lowest BCUT2D eigenvalue weighted by molar-refractivity contribution is -0.861. The summed E-state index contributed by atoms with van der Waals surface area (Å²) in [6.45, 7) is 2.47. The number of quaternary nitrogens is 1. The van der Waals surface area contributed by atoms with E-state index in [9.17, 15) is 0 Å². The van der Waals surface area contributed by atoms with Gasteiger partial charge in [0.1, 0.15) is 0 Å². The van der Waals surface area contributed by atoms with Crippen molar-refractivity contribution in [2.24, 2.45) is 0 Å². The van der Waals surface area contributed by atoms with E-state index in [1.54, 1.807) is 0 Å². The third-order valence-electron chi connectivity index (χ3n) is 2.32. The Morgan fingerprint density at radius 2 is 2.20 bits per heavy atom. The smallest absolute Gasteiger partial charge is 0.0688 e. The Hall–Kier alpha value is -0.0800. The predicted octanol–water partition coefficient (Wildman–Crippen LogP) is -0.613. The Morgan fingerprint density at radius 1 is 1.50 bits per heavy atom. The van der Waals surface area contributed by atoms with Crippen LogP contribution in [0.3, 0.4) is 0 Å². The lowest BCUT2D eigenvalue weighted by atomic mass is 10.1. The molecule has 0 amide bonds. The van der Waals surface area contributed by atoms with Gasteiger partial charge in [-0.1, -0.05) is 0 Å². The normalized spacial score (nSPS) is 34.8. The van der Waals surface area contributed by atoms with Crippen LogP contribution in [0, 0.1) is 7.05 Å². The van der Waals surface area contributed by atoms with Crippen molar-refractivity contribution in [3.05, 3.63) is 7.05 Å². The van der Waals surface area contributed by atoms with Crippen LogP contribution in [0.2, 0.25) is 0 Å². The van der Waals surface area contributed by atoms with Gasteiger partial charge in [-0.2, -0.15) is 7.05 Å². The highest BCUT2D eigenvalue weighted by atomic mass is 15.2. The van der Waals surface area contributed by atoms with Crippen molar-refractivity contribution >= 4 is 0 Å². The Kier molecular flexibility index (Phi) is 2.69. The van der Waals surface area contributed by atoms with Crippen LogP contribution < -0.4 is 4.90 Å². The molecule has 0 aliphatic carbocycles. The van der Waals surface area contributed by atoms with Gasteiger partial charge in [-0.25, -0.2) is 0 Å². The molecule has 1 N–H and O–H groups in total. The molecule has 1 saturated heterocycles. The molecule has 0 bridgehead atoms. The molecule has 10 heavy (non-hydrogen) atoms. The highest BCUT2D eigenvalue weighted by molar-refractivity contribution is 4.67. The second kappa shape index (κ2) is 3.35. The molecule has 2 heteroatoms. The first-order valence-corrected chi connectivity index (χ1v) is 4.03. The first-order chi connectivity index (χ1) is 4.70. The summed E-state index contributed by atoms with van der Waals surface area (Å²) in [7, 11) is 8.33. The number of hydrogen-bond donors (Lipinski definition) is 1. The molecule has 0 saturated carbocycles. The van der Waals surface area contributed by atoms with Crippen LogP contribution in [-0.4, -0.2) is 38.1 Å². The third-order valence-corrected chi connectivity index (χ3v) is 2.32. The molecular formula is C8H18N2. The van der Waals surface area contributed by atoms with Crippen LogP contribution in [0.5, 0.6) is 0 Å². The van der Waals surface area contributed by atoms with E-state index in [4.69, 9.17) is 0 Å². The van der Waals surface area contributed by atoms with Crippen molar-refractivity contribution < 1.29 is 4.90 Å². The summed E-state index contributed by atoms with van der Waals surface area (Å²) >= 11 is 0. The molecular weight excluding hydrogens is 124 g/mol. The van der Waals surface area contributed by atoms with Gasteiger partial charge in [0, 0.05) is 0 Å². The van der Waals surface area contributed by atoms with Crippen molar-refractivity contribution in [3.8, 4) is 0 Å². The third kappa shape index (κ3) is 1.96. The Balaban J connectivity index is 2.32. The molecule has 0 radical (unpaired) electrons. The topological polar surface area (TPSA) is 7.68 Å². The zero-order valence-electron chi connectivity index (χ0n) is 7.06. The summed E-state index contributed by atoms with van der Waals surface area (Å²) in [5.74, 6) is 0. The van der Waals surface area contributed by atoms with E-state index in [2.05, 4.69) is 26.0 Å². The maximum Gasteiger partial charge on any atom is 0.0688 e. The van der Waals surface area contributed by atoms with Crippen molar-refractivity contribution in [2.45, 2.75) is 18.9 Å². The van der Waals surface area contributed by atoms with Gasteiger partial charge in [-0.15, -0.1) is 0 Å². The number of piperidine rings is 1. The molecule has 1 aliphatic rings. The van der Waals surface area contributed by atoms with Gasteiger partial charge < -0.3 is 9.80 Å².